The standard InChI is InChI=1S/C15H17N5O2S2/c1-7(2)12-18-19-15(24-12)17-11(21)6-20-9(4)16-13-10(14(20)22)5-8(3)23-13/h5,7H,6H2,1-4H3,(H,17,19,21). The average molecular weight is 363 g/mol. The van der Waals surface area contributed by atoms with E-state index in [0.717, 1.165) is 9.88 Å². The number of carbonyl (C=O) groups excluding carboxylic acids is 1. The first-order valence-corrected chi connectivity index (χ1v) is 9.09. The van der Waals surface area contributed by atoms with Crippen LogP contribution in [0.5, 0.6) is 0 Å². The lowest BCUT2D eigenvalue weighted by atomic mass is 10.2. The molecule has 9 heteroatoms. The molecule has 3 aromatic heterocycles. The lowest BCUT2D eigenvalue weighted by molar-refractivity contribution is -0.116. The van der Waals surface area contributed by atoms with Gasteiger partial charge in [0.25, 0.3) is 5.56 Å². The van der Waals surface area contributed by atoms with E-state index < -0.39 is 0 Å². The molecule has 3 rings (SSSR count). The van der Waals surface area contributed by atoms with Gasteiger partial charge < -0.3 is 0 Å². The monoisotopic (exact) mass is 363 g/mol. The van der Waals surface area contributed by atoms with Crippen LogP contribution in [0.2, 0.25) is 0 Å². The molecule has 126 valence electrons. The fourth-order valence-corrected chi connectivity index (χ4v) is 3.92. The highest BCUT2D eigenvalue weighted by atomic mass is 32.1. The van der Waals surface area contributed by atoms with E-state index in [1.165, 1.54) is 27.2 Å². The number of nitrogens with one attached hydrogen (secondary N) is 1. The molecule has 0 atom stereocenters. The van der Waals surface area contributed by atoms with Gasteiger partial charge >= 0.3 is 0 Å². The summed E-state index contributed by atoms with van der Waals surface area (Å²) in [6.45, 7) is 7.58. The van der Waals surface area contributed by atoms with Gasteiger partial charge in [-0.2, -0.15) is 0 Å². The molecule has 0 saturated carbocycles. The minimum Gasteiger partial charge on any atom is -0.299 e. The number of rotatable bonds is 4. The van der Waals surface area contributed by atoms with Crippen molar-refractivity contribution in [3.8, 4) is 0 Å². The van der Waals surface area contributed by atoms with Crippen LogP contribution in [0.15, 0.2) is 10.9 Å². The first-order chi connectivity index (χ1) is 11.3. The lowest BCUT2D eigenvalue weighted by Crippen LogP contribution is -2.29. The molecule has 0 radical (unpaired) electrons. The number of hydrogen-bond acceptors (Lipinski definition) is 7. The summed E-state index contributed by atoms with van der Waals surface area (Å²) in [4.78, 5) is 31.0. The molecule has 0 unspecified atom stereocenters. The topological polar surface area (TPSA) is 89.8 Å². The van der Waals surface area contributed by atoms with E-state index in [0.29, 0.717) is 21.2 Å². The summed E-state index contributed by atoms with van der Waals surface area (Å²) >= 11 is 2.81. The van der Waals surface area contributed by atoms with Gasteiger partial charge in [0, 0.05) is 10.8 Å². The summed E-state index contributed by atoms with van der Waals surface area (Å²) in [6, 6.07) is 1.81. The summed E-state index contributed by atoms with van der Waals surface area (Å²) < 4.78 is 1.38. The van der Waals surface area contributed by atoms with Gasteiger partial charge in [0.1, 0.15) is 22.2 Å². The third-order valence-corrected chi connectivity index (χ3v) is 5.53. The number of amides is 1. The van der Waals surface area contributed by atoms with E-state index in [-0.39, 0.29) is 23.9 Å². The van der Waals surface area contributed by atoms with Crippen LogP contribution < -0.4 is 10.9 Å². The number of thiophene rings is 1. The maximum atomic E-state index is 12.6. The van der Waals surface area contributed by atoms with E-state index in [9.17, 15) is 9.59 Å². The number of carbonyl (C=O) groups is 1. The van der Waals surface area contributed by atoms with Crippen LogP contribution in [0, 0.1) is 13.8 Å². The first kappa shape index (κ1) is 16.7. The molecule has 7 nitrogen and oxygen atoms in total. The molecule has 24 heavy (non-hydrogen) atoms. The number of nitrogens with zero attached hydrogens (tertiary/aromatic N) is 4. The minimum absolute atomic E-state index is 0.0981. The van der Waals surface area contributed by atoms with Gasteiger partial charge in [-0.15, -0.1) is 21.5 Å². The molecule has 0 fully saturated rings. The second kappa shape index (κ2) is 6.40. The second-order valence-electron chi connectivity index (χ2n) is 5.77. The van der Waals surface area contributed by atoms with Crippen LogP contribution in [0.25, 0.3) is 10.2 Å². The molecule has 0 saturated heterocycles. The van der Waals surface area contributed by atoms with E-state index in [4.69, 9.17) is 0 Å². The van der Waals surface area contributed by atoms with Gasteiger partial charge in [-0.25, -0.2) is 4.98 Å². The summed E-state index contributed by atoms with van der Waals surface area (Å²) in [5.74, 6) is 0.454. The highest BCUT2D eigenvalue weighted by Crippen LogP contribution is 2.23. The highest BCUT2D eigenvalue weighted by Gasteiger charge is 2.15. The van der Waals surface area contributed by atoms with Crippen molar-refractivity contribution in [1.82, 2.24) is 19.7 Å². The molecule has 0 spiro atoms. The number of fused-ring (bicyclic) bond motifs is 1. The third-order valence-electron chi connectivity index (χ3n) is 3.45. The molecular formula is C15H17N5O2S2. The smallest absolute Gasteiger partial charge is 0.262 e. The van der Waals surface area contributed by atoms with Gasteiger partial charge in [0.15, 0.2) is 0 Å². The largest absolute Gasteiger partial charge is 0.299 e. The van der Waals surface area contributed by atoms with Crippen LogP contribution in [-0.2, 0) is 11.3 Å². The number of anilines is 1. The minimum atomic E-state index is -0.320. The Labute approximate surface area is 146 Å². The fourth-order valence-electron chi connectivity index (χ4n) is 2.24. The second-order valence-corrected chi connectivity index (χ2v) is 8.02. The predicted molar refractivity (Wildman–Crippen MR) is 96.0 cm³/mol. The van der Waals surface area contributed by atoms with E-state index in [1.807, 2.05) is 26.8 Å². The van der Waals surface area contributed by atoms with Crippen molar-refractivity contribution in [3.63, 3.8) is 0 Å². The molecule has 1 amide bonds. The van der Waals surface area contributed by atoms with Gasteiger partial charge in [-0.05, 0) is 19.9 Å². The van der Waals surface area contributed by atoms with Crippen molar-refractivity contribution in [1.29, 1.82) is 0 Å². The zero-order chi connectivity index (χ0) is 17.4. The van der Waals surface area contributed by atoms with Crippen molar-refractivity contribution < 1.29 is 4.79 Å². The highest BCUT2D eigenvalue weighted by molar-refractivity contribution is 7.18. The third kappa shape index (κ3) is 3.22. The Kier molecular flexibility index (Phi) is 4.46. The summed E-state index contributed by atoms with van der Waals surface area (Å²) in [6.07, 6.45) is 0. The summed E-state index contributed by atoms with van der Waals surface area (Å²) in [7, 11) is 0. The summed E-state index contributed by atoms with van der Waals surface area (Å²) in [5, 5.41) is 12.5. The van der Waals surface area contributed by atoms with Crippen LogP contribution >= 0.6 is 22.7 Å². The van der Waals surface area contributed by atoms with Gasteiger partial charge in [-0.1, -0.05) is 25.2 Å². The Balaban J connectivity index is 1.83. The maximum absolute atomic E-state index is 12.6. The SMILES string of the molecule is Cc1cc2c(=O)n(CC(=O)Nc3nnc(C(C)C)s3)c(C)nc2s1. The van der Waals surface area contributed by atoms with Crippen molar-refractivity contribution in [2.24, 2.45) is 0 Å². The normalized spacial score (nSPS) is 11.4. The molecule has 3 aromatic rings. The van der Waals surface area contributed by atoms with Gasteiger partial charge in [0.2, 0.25) is 11.0 Å². The maximum Gasteiger partial charge on any atom is 0.262 e. The van der Waals surface area contributed by atoms with E-state index in [1.54, 1.807) is 6.92 Å². The zero-order valence-electron chi connectivity index (χ0n) is 13.8. The van der Waals surface area contributed by atoms with E-state index in [2.05, 4.69) is 20.5 Å². The van der Waals surface area contributed by atoms with Crippen molar-refractivity contribution in [3.05, 3.63) is 32.1 Å². The van der Waals surface area contributed by atoms with Crippen LogP contribution in [0.1, 0.15) is 35.5 Å². The number of aryl methyl sites for hydroxylation is 2. The number of aromatic nitrogens is 4. The van der Waals surface area contributed by atoms with Crippen LogP contribution in [0.4, 0.5) is 5.13 Å². The molecule has 0 aliphatic carbocycles. The zero-order valence-corrected chi connectivity index (χ0v) is 15.4. The molecule has 1 N–H and O–H groups in total. The Morgan fingerprint density at radius 2 is 2.04 bits per heavy atom. The van der Waals surface area contributed by atoms with Crippen LogP contribution in [0.3, 0.4) is 0 Å². The van der Waals surface area contributed by atoms with E-state index >= 15 is 0 Å². The first-order valence-electron chi connectivity index (χ1n) is 7.46. The number of hydrogen-bond donors (Lipinski definition) is 1. The Hall–Kier alpha value is -2.13. The fraction of sp³-hybridized carbons (Fsp3) is 0.400. The molecule has 0 bridgehead atoms. The summed E-state index contributed by atoms with van der Waals surface area (Å²) in [5.41, 5.74) is -0.197. The van der Waals surface area contributed by atoms with Crippen molar-refractivity contribution in [2.45, 2.75) is 40.2 Å². The predicted octanol–water partition coefficient (Wildman–Crippen LogP) is 2.69. The van der Waals surface area contributed by atoms with Crippen molar-refractivity contribution >= 4 is 43.9 Å². The molecular weight excluding hydrogens is 346 g/mol. The van der Waals surface area contributed by atoms with Gasteiger partial charge in [-0.3, -0.25) is 19.5 Å². The molecule has 0 aromatic carbocycles. The Morgan fingerprint density at radius 3 is 2.71 bits per heavy atom. The Morgan fingerprint density at radius 1 is 1.29 bits per heavy atom. The van der Waals surface area contributed by atoms with Crippen LogP contribution in [-0.4, -0.2) is 25.7 Å². The quantitative estimate of drug-likeness (QED) is 0.770. The molecule has 0 aliphatic heterocycles. The molecule has 3 heterocycles. The van der Waals surface area contributed by atoms with Gasteiger partial charge in [0.05, 0.1) is 5.39 Å². The van der Waals surface area contributed by atoms with Crippen molar-refractivity contribution in [2.75, 3.05) is 5.32 Å². The lowest BCUT2D eigenvalue weighted by Gasteiger charge is -2.08. The molecule has 0 aliphatic rings. The average Bonchev–Trinajstić information content (AvgIpc) is 3.10. The Bertz CT molecular complexity index is 970.